The minimum Gasteiger partial charge on any atom is -0.306 e. The van der Waals surface area contributed by atoms with Crippen LogP contribution in [0.2, 0.25) is 0 Å². The second kappa shape index (κ2) is 5.01. The van der Waals surface area contributed by atoms with Crippen molar-refractivity contribution >= 4 is 0 Å². The van der Waals surface area contributed by atoms with Crippen LogP contribution < -0.4 is 0 Å². The van der Waals surface area contributed by atoms with E-state index in [1.807, 2.05) is 0 Å². The van der Waals surface area contributed by atoms with Gasteiger partial charge in [-0.25, -0.2) is 0 Å². The highest BCUT2D eigenvalue weighted by Gasteiger charge is 2.11. The highest BCUT2D eigenvalue weighted by Crippen LogP contribution is 2.19. The second-order valence-corrected chi connectivity index (χ2v) is 5.50. The summed E-state index contributed by atoms with van der Waals surface area (Å²) in [5.41, 5.74) is 4.66. The third-order valence-corrected chi connectivity index (χ3v) is 3.44. The summed E-state index contributed by atoms with van der Waals surface area (Å²) in [6, 6.07) is 7.12. The first kappa shape index (κ1) is 11.7. The zero-order chi connectivity index (χ0) is 11.5. The van der Waals surface area contributed by atoms with Gasteiger partial charge >= 0.3 is 0 Å². The van der Waals surface area contributed by atoms with Gasteiger partial charge in [-0.2, -0.15) is 0 Å². The van der Waals surface area contributed by atoms with Gasteiger partial charge in [-0.15, -0.1) is 0 Å². The fourth-order valence-corrected chi connectivity index (χ4v) is 2.49. The average molecular weight is 217 g/mol. The van der Waals surface area contributed by atoms with Gasteiger partial charge in [0, 0.05) is 13.1 Å². The summed E-state index contributed by atoms with van der Waals surface area (Å²) in [5.74, 6) is 0.756. The number of benzene rings is 1. The Morgan fingerprint density at radius 3 is 2.50 bits per heavy atom. The highest BCUT2D eigenvalue weighted by molar-refractivity contribution is 5.33. The van der Waals surface area contributed by atoms with Gasteiger partial charge in [0.1, 0.15) is 0 Å². The van der Waals surface area contributed by atoms with Gasteiger partial charge in [-0.1, -0.05) is 32.0 Å². The quantitative estimate of drug-likeness (QED) is 0.736. The van der Waals surface area contributed by atoms with Crippen LogP contribution in [-0.2, 0) is 19.3 Å². The molecule has 0 bridgehead atoms. The van der Waals surface area contributed by atoms with Gasteiger partial charge < -0.3 is 4.90 Å². The summed E-state index contributed by atoms with van der Waals surface area (Å²) in [7, 11) is 2.22. The van der Waals surface area contributed by atoms with Gasteiger partial charge in [0.05, 0.1) is 0 Å². The van der Waals surface area contributed by atoms with E-state index in [0.29, 0.717) is 0 Å². The lowest BCUT2D eigenvalue weighted by molar-refractivity contribution is 0.352. The number of likely N-dealkylation sites (N-methyl/N-ethyl adjacent to an activating group) is 1. The van der Waals surface area contributed by atoms with E-state index >= 15 is 0 Å². The Morgan fingerprint density at radius 2 is 1.81 bits per heavy atom. The fraction of sp³-hybridized carbons (Fsp3) is 0.600. The molecular formula is C15H23N. The van der Waals surface area contributed by atoms with E-state index in [-0.39, 0.29) is 0 Å². The van der Waals surface area contributed by atoms with Crippen LogP contribution in [0, 0.1) is 5.92 Å². The minimum absolute atomic E-state index is 0.756. The van der Waals surface area contributed by atoms with E-state index in [4.69, 9.17) is 0 Å². The second-order valence-electron chi connectivity index (χ2n) is 5.50. The monoisotopic (exact) mass is 217 g/mol. The maximum absolute atomic E-state index is 2.44. The van der Waals surface area contributed by atoms with Gasteiger partial charge in [-0.05, 0) is 48.9 Å². The predicted molar refractivity (Wildman–Crippen MR) is 69.9 cm³/mol. The van der Waals surface area contributed by atoms with Crippen molar-refractivity contribution in [1.29, 1.82) is 0 Å². The molecule has 0 fully saturated rings. The molecule has 16 heavy (non-hydrogen) atoms. The maximum atomic E-state index is 2.44. The lowest BCUT2D eigenvalue weighted by Crippen LogP contribution is -2.20. The summed E-state index contributed by atoms with van der Waals surface area (Å²) in [5, 5.41) is 0. The summed E-state index contributed by atoms with van der Waals surface area (Å²) < 4.78 is 0. The number of fused-ring (bicyclic) bond motifs is 1. The number of hydrogen-bond donors (Lipinski definition) is 0. The molecule has 88 valence electrons. The molecule has 1 heteroatoms. The SMILES string of the molecule is CC(C)Cc1ccc2c(c1)CCN(C)CC2. The molecule has 0 spiro atoms. The first-order chi connectivity index (χ1) is 7.65. The summed E-state index contributed by atoms with van der Waals surface area (Å²) in [6.07, 6.45) is 3.65. The third-order valence-electron chi connectivity index (χ3n) is 3.44. The highest BCUT2D eigenvalue weighted by atomic mass is 15.1. The van der Waals surface area contributed by atoms with Crippen LogP contribution in [0.1, 0.15) is 30.5 Å². The number of nitrogens with zero attached hydrogens (tertiary/aromatic N) is 1. The molecule has 0 unspecified atom stereocenters. The molecule has 1 aliphatic heterocycles. The van der Waals surface area contributed by atoms with Crippen molar-refractivity contribution in [1.82, 2.24) is 4.90 Å². The average Bonchev–Trinajstić information content (AvgIpc) is 2.40. The maximum Gasteiger partial charge on any atom is 0.00190 e. The Balaban J connectivity index is 2.18. The molecule has 1 aromatic rings. The lowest BCUT2D eigenvalue weighted by atomic mass is 9.96. The predicted octanol–water partition coefficient (Wildman–Crippen LogP) is 2.92. The summed E-state index contributed by atoms with van der Waals surface area (Å²) >= 11 is 0. The smallest absolute Gasteiger partial charge is 0.00190 e. The van der Waals surface area contributed by atoms with Crippen LogP contribution in [-0.4, -0.2) is 25.0 Å². The Labute approximate surface area is 99.5 Å². The molecule has 1 aromatic carbocycles. The van der Waals surface area contributed by atoms with Crippen LogP contribution in [0.15, 0.2) is 18.2 Å². The Bertz CT molecular complexity index is 354. The topological polar surface area (TPSA) is 3.24 Å². The van der Waals surface area contributed by atoms with Crippen molar-refractivity contribution in [2.45, 2.75) is 33.1 Å². The Kier molecular flexibility index (Phi) is 3.65. The van der Waals surface area contributed by atoms with Gasteiger partial charge in [0.2, 0.25) is 0 Å². The molecule has 0 N–H and O–H groups in total. The molecule has 2 rings (SSSR count). The zero-order valence-corrected chi connectivity index (χ0v) is 10.8. The molecular weight excluding hydrogens is 194 g/mol. The molecule has 0 atom stereocenters. The van der Waals surface area contributed by atoms with Crippen LogP contribution in [0.3, 0.4) is 0 Å². The van der Waals surface area contributed by atoms with Crippen LogP contribution in [0.5, 0.6) is 0 Å². The largest absolute Gasteiger partial charge is 0.306 e. The zero-order valence-electron chi connectivity index (χ0n) is 10.8. The van der Waals surface area contributed by atoms with E-state index in [2.05, 4.69) is 44.0 Å². The number of hydrogen-bond acceptors (Lipinski definition) is 1. The van der Waals surface area contributed by atoms with E-state index in [1.54, 1.807) is 11.1 Å². The lowest BCUT2D eigenvalue weighted by Gasteiger charge is -2.11. The summed E-state index contributed by atoms with van der Waals surface area (Å²) in [6.45, 7) is 6.99. The molecule has 0 aliphatic carbocycles. The first-order valence-corrected chi connectivity index (χ1v) is 6.44. The van der Waals surface area contributed by atoms with Gasteiger partial charge in [-0.3, -0.25) is 0 Å². The molecule has 0 aromatic heterocycles. The Morgan fingerprint density at radius 1 is 1.12 bits per heavy atom. The van der Waals surface area contributed by atoms with Crippen molar-refractivity contribution in [2.75, 3.05) is 20.1 Å². The molecule has 0 saturated heterocycles. The normalized spacial score (nSPS) is 17.2. The van der Waals surface area contributed by atoms with Crippen LogP contribution in [0.25, 0.3) is 0 Å². The number of rotatable bonds is 2. The van der Waals surface area contributed by atoms with E-state index in [1.165, 1.54) is 37.9 Å². The Hall–Kier alpha value is -0.820. The van der Waals surface area contributed by atoms with E-state index < -0.39 is 0 Å². The van der Waals surface area contributed by atoms with Gasteiger partial charge in [0.15, 0.2) is 0 Å². The minimum atomic E-state index is 0.756. The van der Waals surface area contributed by atoms with Crippen molar-refractivity contribution in [3.63, 3.8) is 0 Å². The summed E-state index contributed by atoms with van der Waals surface area (Å²) in [4.78, 5) is 2.43. The van der Waals surface area contributed by atoms with Crippen molar-refractivity contribution in [2.24, 2.45) is 5.92 Å². The molecule has 1 heterocycles. The van der Waals surface area contributed by atoms with E-state index in [9.17, 15) is 0 Å². The van der Waals surface area contributed by atoms with Crippen molar-refractivity contribution in [3.8, 4) is 0 Å². The van der Waals surface area contributed by atoms with Crippen LogP contribution >= 0.6 is 0 Å². The van der Waals surface area contributed by atoms with Crippen molar-refractivity contribution < 1.29 is 0 Å². The molecule has 0 radical (unpaired) electrons. The van der Waals surface area contributed by atoms with E-state index in [0.717, 1.165) is 5.92 Å². The molecule has 1 aliphatic rings. The van der Waals surface area contributed by atoms with Gasteiger partial charge in [0.25, 0.3) is 0 Å². The first-order valence-electron chi connectivity index (χ1n) is 6.44. The standard InChI is InChI=1S/C15H23N/c1-12(2)10-13-4-5-14-6-8-16(3)9-7-15(14)11-13/h4-5,11-12H,6-10H2,1-3H3. The molecule has 0 saturated carbocycles. The van der Waals surface area contributed by atoms with Crippen molar-refractivity contribution in [3.05, 3.63) is 34.9 Å². The third kappa shape index (κ3) is 2.85. The fourth-order valence-electron chi connectivity index (χ4n) is 2.49. The van der Waals surface area contributed by atoms with Crippen LogP contribution in [0.4, 0.5) is 0 Å². The molecule has 1 nitrogen and oxygen atoms in total. The molecule has 0 amide bonds.